The molecule has 1 heterocycles. The van der Waals surface area contributed by atoms with Gasteiger partial charge in [-0.05, 0) is 19.4 Å². The van der Waals surface area contributed by atoms with Gasteiger partial charge in [0.15, 0.2) is 0 Å². The number of hydrogen-bond donors (Lipinski definition) is 2. The minimum atomic E-state index is -1.04. The average molecular weight is 267 g/mol. The van der Waals surface area contributed by atoms with Crippen molar-refractivity contribution < 1.29 is 19.0 Å². The molecule has 0 aliphatic carbocycles. The molecule has 4 nitrogen and oxygen atoms in total. The van der Waals surface area contributed by atoms with Crippen molar-refractivity contribution in [1.82, 2.24) is 5.32 Å². The summed E-state index contributed by atoms with van der Waals surface area (Å²) in [6, 6.07) is 6.00. The van der Waals surface area contributed by atoms with Crippen molar-refractivity contribution in [3.63, 3.8) is 0 Å². The van der Waals surface area contributed by atoms with Gasteiger partial charge in [-0.2, -0.15) is 0 Å². The first-order valence-electron chi connectivity index (χ1n) is 6.41. The fourth-order valence-corrected chi connectivity index (χ4v) is 2.26. The molecule has 1 fully saturated rings. The number of aliphatic hydroxyl groups is 1. The summed E-state index contributed by atoms with van der Waals surface area (Å²) in [6.45, 7) is 2.43. The standard InChI is InChI=1S/C14H18FNO3/c1-9-10(6-7-19-9)14(18)16-8-13(17)11-4-2-3-5-12(11)15/h2-5,9-10,13,17H,6-8H2,1H3,(H,16,18). The third-order valence-electron chi connectivity index (χ3n) is 3.45. The van der Waals surface area contributed by atoms with E-state index in [1.807, 2.05) is 6.92 Å². The number of ether oxygens (including phenoxy) is 1. The summed E-state index contributed by atoms with van der Waals surface area (Å²) in [5, 5.41) is 12.5. The number of carbonyl (C=O) groups excluding carboxylic acids is 1. The van der Waals surface area contributed by atoms with Crippen LogP contribution in [-0.4, -0.2) is 30.3 Å². The second-order valence-corrected chi connectivity index (χ2v) is 4.75. The molecule has 2 rings (SSSR count). The minimum Gasteiger partial charge on any atom is -0.386 e. The van der Waals surface area contributed by atoms with Crippen LogP contribution in [0, 0.1) is 11.7 Å². The normalized spacial score (nSPS) is 24.2. The van der Waals surface area contributed by atoms with Crippen LogP contribution in [-0.2, 0) is 9.53 Å². The molecule has 5 heteroatoms. The number of benzene rings is 1. The fraction of sp³-hybridized carbons (Fsp3) is 0.500. The predicted molar refractivity (Wildman–Crippen MR) is 67.9 cm³/mol. The summed E-state index contributed by atoms with van der Waals surface area (Å²) < 4.78 is 18.7. The summed E-state index contributed by atoms with van der Waals surface area (Å²) in [4.78, 5) is 11.9. The number of halogens is 1. The highest BCUT2D eigenvalue weighted by molar-refractivity contribution is 5.79. The smallest absolute Gasteiger partial charge is 0.225 e. The molecule has 1 amide bonds. The van der Waals surface area contributed by atoms with Gasteiger partial charge in [-0.15, -0.1) is 0 Å². The Morgan fingerprint density at radius 3 is 2.95 bits per heavy atom. The Bertz CT molecular complexity index is 452. The van der Waals surface area contributed by atoms with Crippen molar-refractivity contribution in [2.75, 3.05) is 13.2 Å². The number of hydrogen-bond acceptors (Lipinski definition) is 3. The second kappa shape index (κ2) is 6.12. The Hall–Kier alpha value is -1.46. The van der Waals surface area contributed by atoms with Crippen molar-refractivity contribution in [3.05, 3.63) is 35.6 Å². The third kappa shape index (κ3) is 3.30. The van der Waals surface area contributed by atoms with E-state index in [0.717, 1.165) is 0 Å². The largest absolute Gasteiger partial charge is 0.386 e. The summed E-state index contributed by atoms with van der Waals surface area (Å²) >= 11 is 0. The summed E-state index contributed by atoms with van der Waals surface area (Å²) in [5.74, 6) is -0.810. The zero-order chi connectivity index (χ0) is 13.8. The van der Waals surface area contributed by atoms with Crippen LogP contribution in [0.3, 0.4) is 0 Å². The molecular weight excluding hydrogens is 249 g/mol. The first kappa shape index (κ1) is 14.0. The average Bonchev–Trinajstić information content (AvgIpc) is 2.82. The molecule has 3 unspecified atom stereocenters. The van der Waals surface area contributed by atoms with Crippen LogP contribution in [0.2, 0.25) is 0 Å². The van der Waals surface area contributed by atoms with E-state index in [4.69, 9.17) is 4.74 Å². The van der Waals surface area contributed by atoms with E-state index in [1.54, 1.807) is 12.1 Å². The lowest BCUT2D eigenvalue weighted by molar-refractivity contribution is -0.126. The summed E-state index contributed by atoms with van der Waals surface area (Å²) in [5.41, 5.74) is 0.193. The van der Waals surface area contributed by atoms with E-state index in [1.165, 1.54) is 12.1 Å². The Labute approximate surface area is 111 Å². The molecule has 2 N–H and O–H groups in total. The van der Waals surface area contributed by atoms with E-state index >= 15 is 0 Å². The van der Waals surface area contributed by atoms with Crippen LogP contribution >= 0.6 is 0 Å². The van der Waals surface area contributed by atoms with Gasteiger partial charge < -0.3 is 15.2 Å². The quantitative estimate of drug-likeness (QED) is 0.867. The molecule has 1 saturated heterocycles. The molecule has 0 radical (unpaired) electrons. The highest BCUT2D eigenvalue weighted by Gasteiger charge is 2.30. The molecule has 1 aliphatic heterocycles. The van der Waals surface area contributed by atoms with Gasteiger partial charge in [-0.1, -0.05) is 18.2 Å². The SMILES string of the molecule is CC1OCCC1C(=O)NCC(O)c1ccccc1F. The predicted octanol–water partition coefficient (Wildman–Crippen LogP) is 1.40. The Morgan fingerprint density at radius 2 is 2.32 bits per heavy atom. The zero-order valence-electron chi connectivity index (χ0n) is 10.8. The lowest BCUT2D eigenvalue weighted by Crippen LogP contribution is -2.36. The third-order valence-corrected chi connectivity index (χ3v) is 3.45. The molecule has 0 bridgehead atoms. The molecule has 3 atom stereocenters. The van der Waals surface area contributed by atoms with E-state index < -0.39 is 11.9 Å². The lowest BCUT2D eigenvalue weighted by Gasteiger charge is -2.17. The Balaban J connectivity index is 1.88. The molecule has 19 heavy (non-hydrogen) atoms. The number of aliphatic hydroxyl groups excluding tert-OH is 1. The van der Waals surface area contributed by atoms with Crippen molar-refractivity contribution in [2.24, 2.45) is 5.92 Å². The first-order valence-corrected chi connectivity index (χ1v) is 6.41. The molecular formula is C14H18FNO3. The molecule has 1 aromatic carbocycles. The fourth-order valence-electron chi connectivity index (χ4n) is 2.26. The molecule has 0 aromatic heterocycles. The van der Waals surface area contributed by atoms with Crippen molar-refractivity contribution in [3.8, 4) is 0 Å². The number of rotatable bonds is 4. The van der Waals surface area contributed by atoms with Crippen LogP contribution in [0.15, 0.2) is 24.3 Å². The van der Waals surface area contributed by atoms with Crippen LogP contribution in [0.25, 0.3) is 0 Å². The molecule has 104 valence electrons. The van der Waals surface area contributed by atoms with E-state index in [0.29, 0.717) is 13.0 Å². The van der Waals surface area contributed by atoms with Gasteiger partial charge in [0, 0.05) is 18.7 Å². The Morgan fingerprint density at radius 1 is 1.58 bits per heavy atom. The van der Waals surface area contributed by atoms with Gasteiger partial charge in [0.25, 0.3) is 0 Å². The molecule has 0 spiro atoms. The van der Waals surface area contributed by atoms with Crippen molar-refractivity contribution >= 4 is 5.91 Å². The number of amides is 1. The van der Waals surface area contributed by atoms with E-state index in [9.17, 15) is 14.3 Å². The van der Waals surface area contributed by atoms with Crippen molar-refractivity contribution in [2.45, 2.75) is 25.6 Å². The van der Waals surface area contributed by atoms with Gasteiger partial charge in [0.2, 0.25) is 5.91 Å². The highest BCUT2D eigenvalue weighted by Crippen LogP contribution is 2.21. The van der Waals surface area contributed by atoms with E-state index in [2.05, 4.69) is 5.32 Å². The van der Waals surface area contributed by atoms with Gasteiger partial charge in [0.05, 0.1) is 18.1 Å². The monoisotopic (exact) mass is 267 g/mol. The van der Waals surface area contributed by atoms with Gasteiger partial charge in [-0.3, -0.25) is 4.79 Å². The van der Waals surface area contributed by atoms with Crippen LogP contribution in [0.5, 0.6) is 0 Å². The highest BCUT2D eigenvalue weighted by atomic mass is 19.1. The van der Waals surface area contributed by atoms with Crippen LogP contribution in [0.1, 0.15) is 25.0 Å². The molecule has 1 aromatic rings. The summed E-state index contributed by atoms with van der Waals surface area (Å²) in [6.07, 6.45) is -0.462. The molecule has 0 saturated carbocycles. The minimum absolute atomic E-state index is 0.00296. The lowest BCUT2D eigenvalue weighted by atomic mass is 10.0. The second-order valence-electron chi connectivity index (χ2n) is 4.75. The number of nitrogens with one attached hydrogen (secondary N) is 1. The zero-order valence-corrected chi connectivity index (χ0v) is 10.8. The van der Waals surface area contributed by atoms with Gasteiger partial charge >= 0.3 is 0 Å². The van der Waals surface area contributed by atoms with Gasteiger partial charge in [-0.25, -0.2) is 4.39 Å². The maximum atomic E-state index is 13.4. The van der Waals surface area contributed by atoms with Crippen molar-refractivity contribution in [1.29, 1.82) is 0 Å². The topological polar surface area (TPSA) is 58.6 Å². The summed E-state index contributed by atoms with van der Waals surface area (Å²) in [7, 11) is 0. The maximum Gasteiger partial charge on any atom is 0.225 e. The number of carbonyl (C=O) groups is 1. The maximum absolute atomic E-state index is 13.4. The molecule has 1 aliphatic rings. The van der Waals surface area contributed by atoms with E-state index in [-0.39, 0.29) is 30.0 Å². The Kier molecular flexibility index (Phi) is 4.50. The van der Waals surface area contributed by atoms with Crippen LogP contribution in [0.4, 0.5) is 4.39 Å². The van der Waals surface area contributed by atoms with Gasteiger partial charge in [0.1, 0.15) is 5.82 Å². The van der Waals surface area contributed by atoms with Crippen LogP contribution < -0.4 is 5.32 Å². The first-order chi connectivity index (χ1) is 9.09.